The second-order valence-electron chi connectivity index (χ2n) is 10.7. The van der Waals surface area contributed by atoms with Crippen molar-refractivity contribution in [2.45, 2.75) is 0 Å². The van der Waals surface area contributed by atoms with E-state index in [2.05, 4.69) is 151 Å². The predicted molar refractivity (Wildman–Crippen MR) is 177 cm³/mol. The van der Waals surface area contributed by atoms with Crippen molar-refractivity contribution in [3.05, 3.63) is 158 Å². The van der Waals surface area contributed by atoms with E-state index >= 15 is 0 Å². The van der Waals surface area contributed by atoms with E-state index in [1.807, 2.05) is 12.1 Å². The van der Waals surface area contributed by atoms with Crippen LogP contribution in [0.15, 0.2) is 162 Å². The van der Waals surface area contributed by atoms with Crippen LogP contribution in [0.25, 0.3) is 66.1 Å². The van der Waals surface area contributed by atoms with Gasteiger partial charge >= 0.3 is 0 Å². The lowest BCUT2D eigenvalue weighted by Crippen LogP contribution is -1.91. The molecule has 8 rings (SSSR count). The number of furan rings is 1. The Kier molecular flexibility index (Phi) is 5.82. The molecule has 0 unspecified atom stereocenters. The van der Waals surface area contributed by atoms with Crippen molar-refractivity contribution in [1.82, 2.24) is 0 Å². The average Bonchev–Trinajstić information content (AvgIpc) is 3.43. The van der Waals surface area contributed by atoms with Gasteiger partial charge in [0.1, 0.15) is 11.2 Å². The zero-order chi connectivity index (χ0) is 27.9. The lowest BCUT2D eigenvalue weighted by Gasteiger charge is -2.14. The van der Waals surface area contributed by atoms with Crippen LogP contribution in [0.1, 0.15) is 0 Å². The summed E-state index contributed by atoms with van der Waals surface area (Å²) in [5, 5.41) is 8.33. The van der Waals surface area contributed by atoms with Gasteiger partial charge in [-0.3, -0.25) is 0 Å². The van der Waals surface area contributed by atoms with E-state index < -0.39 is 0 Å². The molecule has 2 heteroatoms. The number of rotatable bonds is 5. The highest BCUT2D eigenvalue weighted by molar-refractivity contribution is 6.06. The first kappa shape index (κ1) is 24.2. The zero-order valence-corrected chi connectivity index (χ0v) is 22.9. The van der Waals surface area contributed by atoms with Crippen LogP contribution >= 0.6 is 0 Å². The van der Waals surface area contributed by atoms with Crippen molar-refractivity contribution in [2.24, 2.45) is 0 Å². The molecule has 198 valence electrons. The summed E-state index contributed by atoms with van der Waals surface area (Å²) in [6, 6.07) is 55.8. The number of benzene rings is 7. The second-order valence-corrected chi connectivity index (χ2v) is 10.7. The molecule has 7 aromatic carbocycles. The largest absolute Gasteiger partial charge is 0.456 e. The zero-order valence-electron chi connectivity index (χ0n) is 22.9. The van der Waals surface area contributed by atoms with Gasteiger partial charge in [-0.2, -0.15) is 0 Å². The molecule has 42 heavy (non-hydrogen) atoms. The quantitative estimate of drug-likeness (QED) is 0.236. The van der Waals surface area contributed by atoms with Crippen molar-refractivity contribution < 1.29 is 4.42 Å². The summed E-state index contributed by atoms with van der Waals surface area (Å²) in [6.45, 7) is 0. The first-order valence-electron chi connectivity index (χ1n) is 14.3. The van der Waals surface area contributed by atoms with Gasteiger partial charge in [0.15, 0.2) is 0 Å². The summed E-state index contributed by atoms with van der Waals surface area (Å²) < 4.78 is 6.01. The number of nitrogens with one attached hydrogen (secondary N) is 1. The van der Waals surface area contributed by atoms with E-state index in [0.29, 0.717) is 0 Å². The second kappa shape index (κ2) is 10.1. The Bertz CT molecular complexity index is 2190. The number of para-hydroxylation sites is 1. The summed E-state index contributed by atoms with van der Waals surface area (Å²) >= 11 is 0. The molecule has 1 N–H and O–H groups in total. The minimum Gasteiger partial charge on any atom is -0.456 e. The Labute approximate surface area is 244 Å². The van der Waals surface area contributed by atoms with Gasteiger partial charge in [0.05, 0.1) is 0 Å². The van der Waals surface area contributed by atoms with E-state index in [9.17, 15) is 0 Å². The van der Waals surface area contributed by atoms with Gasteiger partial charge in [-0.25, -0.2) is 0 Å². The number of fused-ring (bicyclic) bond motifs is 4. The van der Waals surface area contributed by atoms with E-state index in [0.717, 1.165) is 33.3 Å². The minimum atomic E-state index is 0.917. The first-order chi connectivity index (χ1) is 20.8. The highest BCUT2D eigenvalue weighted by atomic mass is 16.3. The smallest absolute Gasteiger partial charge is 0.135 e. The summed E-state index contributed by atoms with van der Waals surface area (Å²) in [4.78, 5) is 0. The molecule has 2 nitrogen and oxygen atoms in total. The maximum atomic E-state index is 6.01. The molecule has 0 amide bonds. The lowest BCUT2D eigenvalue weighted by molar-refractivity contribution is 0.669. The maximum absolute atomic E-state index is 6.01. The van der Waals surface area contributed by atoms with Gasteiger partial charge in [-0.15, -0.1) is 0 Å². The molecule has 0 saturated heterocycles. The summed E-state index contributed by atoms with van der Waals surface area (Å²) in [5.74, 6) is 0. The van der Waals surface area contributed by atoms with Crippen molar-refractivity contribution >= 4 is 44.1 Å². The number of hydrogen-bond donors (Lipinski definition) is 1. The Morgan fingerprint density at radius 1 is 0.357 bits per heavy atom. The van der Waals surface area contributed by atoms with E-state index in [-0.39, 0.29) is 0 Å². The molecular formula is C40H27NO. The van der Waals surface area contributed by atoms with Gasteiger partial charge in [0, 0.05) is 22.1 Å². The summed E-state index contributed by atoms with van der Waals surface area (Å²) in [5.41, 5.74) is 11.2. The minimum absolute atomic E-state index is 0.917. The Hall–Kier alpha value is -5.60. The normalized spacial score (nSPS) is 11.3. The van der Waals surface area contributed by atoms with E-state index in [4.69, 9.17) is 4.42 Å². The number of hydrogen-bond acceptors (Lipinski definition) is 2. The lowest BCUT2D eigenvalue weighted by atomic mass is 9.91. The van der Waals surface area contributed by atoms with Crippen LogP contribution in [0.4, 0.5) is 11.4 Å². The third-order valence-corrected chi connectivity index (χ3v) is 8.03. The molecule has 1 aromatic heterocycles. The molecule has 0 spiro atoms. The molecule has 0 saturated carbocycles. The molecule has 0 atom stereocenters. The van der Waals surface area contributed by atoms with Crippen LogP contribution in [0, 0.1) is 0 Å². The third kappa shape index (κ3) is 4.40. The van der Waals surface area contributed by atoms with Crippen LogP contribution in [0.3, 0.4) is 0 Å². The Balaban J connectivity index is 1.11. The van der Waals surface area contributed by atoms with Crippen molar-refractivity contribution in [3.8, 4) is 33.4 Å². The highest BCUT2D eigenvalue weighted by Gasteiger charge is 2.11. The van der Waals surface area contributed by atoms with Gasteiger partial charge in [-0.1, -0.05) is 103 Å². The van der Waals surface area contributed by atoms with Crippen molar-refractivity contribution in [2.75, 3.05) is 5.32 Å². The third-order valence-electron chi connectivity index (χ3n) is 8.03. The molecule has 0 aliphatic heterocycles. The van der Waals surface area contributed by atoms with Crippen molar-refractivity contribution in [3.63, 3.8) is 0 Å². The van der Waals surface area contributed by atoms with Gasteiger partial charge in [0.2, 0.25) is 0 Å². The van der Waals surface area contributed by atoms with E-state index in [1.54, 1.807) is 0 Å². The molecular weight excluding hydrogens is 510 g/mol. The van der Waals surface area contributed by atoms with Gasteiger partial charge in [-0.05, 0) is 98.8 Å². The summed E-state index contributed by atoms with van der Waals surface area (Å²) in [7, 11) is 0. The van der Waals surface area contributed by atoms with Crippen LogP contribution in [-0.2, 0) is 0 Å². The van der Waals surface area contributed by atoms with Crippen LogP contribution in [-0.4, -0.2) is 0 Å². The Morgan fingerprint density at radius 2 is 0.952 bits per heavy atom. The maximum Gasteiger partial charge on any atom is 0.135 e. The number of anilines is 2. The standard InChI is InChI=1S/C40H27NO/c1-3-9-28(10-4-1)36-24-31-17-21-34(23-32(31)26-37(36)29-11-5-2-6-12-29)41-33-19-15-27(16-20-33)30-18-22-40-38(25-30)35-13-7-8-14-39(35)42-40/h1-26,41H. The molecule has 0 bridgehead atoms. The fourth-order valence-corrected chi connectivity index (χ4v) is 5.91. The summed E-state index contributed by atoms with van der Waals surface area (Å²) in [6.07, 6.45) is 0. The molecule has 0 aliphatic rings. The fraction of sp³-hybridized carbons (Fsp3) is 0. The SMILES string of the molecule is c1ccc(-c2cc3ccc(Nc4ccc(-c5ccc6oc7ccccc7c6c5)cc4)cc3cc2-c2ccccc2)cc1. The molecule has 8 aromatic rings. The Morgan fingerprint density at radius 3 is 1.69 bits per heavy atom. The monoisotopic (exact) mass is 537 g/mol. The first-order valence-corrected chi connectivity index (χ1v) is 14.3. The molecule has 0 radical (unpaired) electrons. The predicted octanol–water partition coefficient (Wildman–Crippen LogP) is 11.5. The van der Waals surface area contributed by atoms with Crippen molar-refractivity contribution in [1.29, 1.82) is 0 Å². The molecule has 1 heterocycles. The van der Waals surface area contributed by atoms with Crippen LogP contribution in [0.2, 0.25) is 0 Å². The van der Waals surface area contributed by atoms with E-state index in [1.165, 1.54) is 44.2 Å². The fourth-order valence-electron chi connectivity index (χ4n) is 5.91. The van der Waals surface area contributed by atoms with Gasteiger partial charge in [0.25, 0.3) is 0 Å². The van der Waals surface area contributed by atoms with Gasteiger partial charge < -0.3 is 9.73 Å². The van der Waals surface area contributed by atoms with Crippen LogP contribution < -0.4 is 5.32 Å². The molecule has 0 fully saturated rings. The highest BCUT2D eigenvalue weighted by Crippen LogP contribution is 2.37. The molecule has 0 aliphatic carbocycles. The van der Waals surface area contributed by atoms with Crippen LogP contribution in [0.5, 0.6) is 0 Å². The average molecular weight is 538 g/mol. The topological polar surface area (TPSA) is 25.2 Å².